The zero-order valence-corrected chi connectivity index (χ0v) is 10.2. The van der Waals surface area contributed by atoms with Gasteiger partial charge in [0.1, 0.15) is 7.28 Å². The van der Waals surface area contributed by atoms with Gasteiger partial charge in [0, 0.05) is 0 Å². The molecule has 0 N–H and O–H groups in total. The smallest absolute Gasteiger partial charge is 0.0671 e. The maximum Gasteiger partial charge on any atom is 0.134 e. The summed E-state index contributed by atoms with van der Waals surface area (Å²) in [6.45, 7) is 18.7. The first-order valence-corrected chi connectivity index (χ1v) is 4.96. The van der Waals surface area contributed by atoms with Gasteiger partial charge in [-0.25, -0.2) is 0 Å². The van der Waals surface area contributed by atoms with Crippen LogP contribution in [0.3, 0.4) is 0 Å². The van der Waals surface area contributed by atoms with Crippen molar-refractivity contribution in [1.82, 2.24) is 0 Å². The molecule has 0 bridgehead atoms. The summed E-state index contributed by atoms with van der Waals surface area (Å²) in [5.41, 5.74) is 0.403. The van der Waals surface area contributed by atoms with Crippen LogP contribution < -0.4 is 0 Å². The molecule has 0 saturated carbocycles. The quantitative estimate of drug-likeness (QED) is 0.521. The molecule has 12 heavy (non-hydrogen) atoms. The third kappa shape index (κ3) is 3.64. The molecule has 0 unspecified atom stereocenters. The molecule has 72 valence electrons. The van der Waals surface area contributed by atoms with Crippen molar-refractivity contribution in [3.8, 4) is 0 Å². The molecular weight excluding hydrogens is 143 g/mol. The van der Waals surface area contributed by atoms with Crippen LogP contribution in [-0.4, -0.2) is 7.28 Å². The minimum atomic E-state index is 0.403. The van der Waals surface area contributed by atoms with Crippen LogP contribution in [0, 0.1) is 5.41 Å². The second kappa shape index (κ2) is 3.08. The van der Waals surface area contributed by atoms with E-state index in [2.05, 4.69) is 55.4 Å². The average molecular weight is 168 g/mol. The Kier molecular flexibility index (Phi) is 3.10. The predicted molar refractivity (Wildman–Crippen MR) is 60.4 cm³/mol. The summed E-state index contributed by atoms with van der Waals surface area (Å²) in [5, 5.41) is 0.863. The Morgan fingerprint density at radius 2 is 1.00 bits per heavy atom. The molecule has 0 heterocycles. The standard InChI is InChI=1S/C11H25B/c1-9(2,3)11(7,8)12-10(4,5)6/h12H,1-8H3. The van der Waals surface area contributed by atoms with Crippen molar-refractivity contribution in [2.24, 2.45) is 5.41 Å². The van der Waals surface area contributed by atoms with E-state index >= 15 is 0 Å². The topological polar surface area (TPSA) is 0 Å². The Bertz CT molecular complexity index is 143. The Morgan fingerprint density at radius 3 is 1.08 bits per heavy atom. The Morgan fingerprint density at radius 1 is 0.667 bits per heavy atom. The van der Waals surface area contributed by atoms with Crippen molar-refractivity contribution < 1.29 is 0 Å². The van der Waals surface area contributed by atoms with Gasteiger partial charge in [0.25, 0.3) is 0 Å². The van der Waals surface area contributed by atoms with Crippen LogP contribution in [0.15, 0.2) is 0 Å². The summed E-state index contributed by atoms with van der Waals surface area (Å²) < 4.78 is 0. The molecule has 0 aromatic carbocycles. The SMILES string of the molecule is CC(C)(C)BC(C)(C)C(C)(C)C. The second-order valence-corrected chi connectivity index (χ2v) is 6.87. The summed E-state index contributed by atoms with van der Waals surface area (Å²) in [6.07, 6.45) is 0. The fraction of sp³-hybridized carbons (Fsp3) is 1.00. The van der Waals surface area contributed by atoms with Crippen LogP contribution in [0.4, 0.5) is 0 Å². The van der Waals surface area contributed by atoms with Crippen LogP contribution in [0.1, 0.15) is 55.4 Å². The molecule has 0 spiro atoms. The van der Waals surface area contributed by atoms with Gasteiger partial charge in [-0.05, 0) is 5.41 Å². The monoisotopic (exact) mass is 168 g/mol. The van der Waals surface area contributed by atoms with Crippen molar-refractivity contribution in [1.29, 1.82) is 0 Å². The molecule has 0 aliphatic heterocycles. The lowest BCUT2D eigenvalue weighted by molar-refractivity contribution is 0.293. The lowest BCUT2D eigenvalue weighted by Gasteiger charge is -2.42. The molecule has 0 fully saturated rings. The van der Waals surface area contributed by atoms with Crippen molar-refractivity contribution in [3.05, 3.63) is 0 Å². The first-order valence-electron chi connectivity index (χ1n) is 4.96. The molecule has 0 rings (SSSR count). The van der Waals surface area contributed by atoms with E-state index in [1.54, 1.807) is 0 Å². The Balaban J connectivity index is 4.44. The summed E-state index contributed by atoms with van der Waals surface area (Å²) in [7, 11) is 1.28. The molecule has 1 heteroatoms. The molecule has 0 atom stereocenters. The van der Waals surface area contributed by atoms with E-state index in [1.165, 1.54) is 7.28 Å². The molecule has 0 saturated heterocycles. The van der Waals surface area contributed by atoms with E-state index in [4.69, 9.17) is 0 Å². The number of rotatable bonds is 1. The average Bonchev–Trinajstić information content (AvgIpc) is 1.52. The van der Waals surface area contributed by atoms with Crippen LogP contribution in [0.25, 0.3) is 0 Å². The summed E-state index contributed by atoms with van der Waals surface area (Å²) in [4.78, 5) is 0. The van der Waals surface area contributed by atoms with E-state index in [1.807, 2.05) is 0 Å². The van der Waals surface area contributed by atoms with Gasteiger partial charge < -0.3 is 0 Å². The largest absolute Gasteiger partial charge is 0.134 e. The normalized spacial score (nSPS) is 14.7. The predicted octanol–water partition coefficient (Wildman–Crippen LogP) is 3.89. The van der Waals surface area contributed by atoms with Gasteiger partial charge in [-0.2, -0.15) is 0 Å². The van der Waals surface area contributed by atoms with E-state index in [0.29, 0.717) is 16.0 Å². The first kappa shape index (κ1) is 12.1. The fourth-order valence-electron chi connectivity index (χ4n) is 1.59. The molecule has 0 radical (unpaired) electrons. The molecule has 0 aromatic rings. The minimum Gasteiger partial charge on any atom is -0.0671 e. The van der Waals surface area contributed by atoms with Crippen molar-refractivity contribution >= 4 is 7.28 Å². The number of hydrogen-bond donors (Lipinski definition) is 0. The van der Waals surface area contributed by atoms with Crippen molar-refractivity contribution in [2.45, 2.75) is 66.0 Å². The van der Waals surface area contributed by atoms with Gasteiger partial charge in [0.2, 0.25) is 0 Å². The van der Waals surface area contributed by atoms with Crippen molar-refractivity contribution in [2.75, 3.05) is 0 Å². The number of hydrogen-bond acceptors (Lipinski definition) is 0. The van der Waals surface area contributed by atoms with Crippen LogP contribution in [0.5, 0.6) is 0 Å². The summed E-state index contributed by atoms with van der Waals surface area (Å²) in [5.74, 6) is 0. The second-order valence-electron chi connectivity index (χ2n) is 6.87. The maximum absolute atomic E-state index is 2.37. The summed E-state index contributed by atoms with van der Waals surface area (Å²) >= 11 is 0. The highest BCUT2D eigenvalue weighted by molar-refractivity contribution is 6.43. The van der Waals surface area contributed by atoms with E-state index in [-0.39, 0.29) is 0 Å². The minimum absolute atomic E-state index is 0.403. The summed E-state index contributed by atoms with van der Waals surface area (Å²) in [6, 6.07) is 0. The van der Waals surface area contributed by atoms with Gasteiger partial charge in [0.05, 0.1) is 0 Å². The molecular formula is C11H25B. The lowest BCUT2D eigenvalue weighted by Crippen LogP contribution is -2.33. The van der Waals surface area contributed by atoms with Crippen LogP contribution >= 0.6 is 0 Å². The van der Waals surface area contributed by atoms with Gasteiger partial charge in [0.15, 0.2) is 0 Å². The molecule has 0 nitrogen and oxygen atoms in total. The van der Waals surface area contributed by atoms with E-state index in [9.17, 15) is 0 Å². The zero-order chi connectivity index (χ0) is 10.2. The van der Waals surface area contributed by atoms with E-state index < -0.39 is 0 Å². The molecule has 0 aliphatic carbocycles. The molecule has 0 amide bonds. The highest BCUT2D eigenvalue weighted by Crippen LogP contribution is 2.48. The fourth-order valence-corrected chi connectivity index (χ4v) is 1.59. The van der Waals surface area contributed by atoms with Gasteiger partial charge in [-0.15, -0.1) is 0 Å². The van der Waals surface area contributed by atoms with Gasteiger partial charge >= 0.3 is 0 Å². The molecule has 0 aliphatic rings. The molecule has 0 aromatic heterocycles. The van der Waals surface area contributed by atoms with Crippen molar-refractivity contribution in [3.63, 3.8) is 0 Å². The third-order valence-electron chi connectivity index (χ3n) is 3.00. The first-order chi connectivity index (χ1) is 4.96. The maximum atomic E-state index is 2.37. The van der Waals surface area contributed by atoms with Crippen LogP contribution in [0.2, 0.25) is 10.6 Å². The third-order valence-corrected chi connectivity index (χ3v) is 3.00. The lowest BCUT2D eigenvalue weighted by atomic mass is 9.36. The Labute approximate surface area is 79.4 Å². The Hall–Kier alpha value is 0.0649. The van der Waals surface area contributed by atoms with Gasteiger partial charge in [-0.1, -0.05) is 66.0 Å². The van der Waals surface area contributed by atoms with Gasteiger partial charge in [-0.3, -0.25) is 0 Å². The van der Waals surface area contributed by atoms with Crippen LogP contribution in [-0.2, 0) is 0 Å². The highest BCUT2D eigenvalue weighted by atomic mass is 14.3. The zero-order valence-electron chi connectivity index (χ0n) is 10.2. The highest BCUT2D eigenvalue weighted by Gasteiger charge is 2.36. The van der Waals surface area contributed by atoms with E-state index in [0.717, 1.165) is 0 Å².